The molecule has 56 heavy (non-hydrogen) atoms. The van der Waals surface area contributed by atoms with Crippen molar-refractivity contribution in [2.45, 2.75) is 130 Å². The zero-order valence-corrected chi connectivity index (χ0v) is 37.9. The van der Waals surface area contributed by atoms with Crippen molar-refractivity contribution in [3.05, 3.63) is 43.5 Å². The van der Waals surface area contributed by atoms with Crippen LogP contribution in [-0.4, -0.2) is 84.1 Å². The minimum atomic E-state index is -0.535. The van der Waals surface area contributed by atoms with Crippen molar-refractivity contribution in [1.29, 1.82) is 10.5 Å². The highest BCUT2D eigenvalue weighted by molar-refractivity contribution is 8.03. The third-order valence-electron chi connectivity index (χ3n) is 11.0. The Labute approximate surface area is 357 Å². The Hall–Kier alpha value is -2.12. The summed E-state index contributed by atoms with van der Waals surface area (Å²) in [5, 5.41) is 20.6. The van der Waals surface area contributed by atoms with Gasteiger partial charge < -0.3 is 19.3 Å². The minimum Gasteiger partial charge on any atom is -0.462 e. The summed E-state index contributed by atoms with van der Waals surface area (Å²) in [7, 11) is 0. The van der Waals surface area contributed by atoms with Gasteiger partial charge in [0.1, 0.15) is 23.3 Å². The number of nitriles is 2. The molecule has 2 saturated heterocycles. The molecular weight excluding hydrogens is 777 g/mol. The summed E-state index contributed by atoms with van der Waals surface area (Å²) in [6.45, 7) is 13.5. The third kappa shape index (κ3) is 13.7. The molecule has 0 bridgehead atoms. The molecule has 12 heteroatoms. The molecule has 0 amide bonds. The fourth-order valence-electron chi connectivity index (χ4n) is 8.17. The van der Waals surface area contributed by atoms with Gasteiger partial charge in [0.25, 0.3) is 0 Å². The summed E-state index contributed by atoms with van der Waals surface area (Å²) < 4.78 is 11.4. The van der Waals surface area contributed by atoms with Crippen LogP contribution in [0.1, 0.15) is 130 Å². The maximum absolute atomic E-state index is 13.5. The normalized spacial score (nSPS) is 21.2. The Kier molecular flexibility index (Phi) is 19.5. The first-order valence-electron chi connectivity index (χ1n) is 21.0. The Morgan fingerprint density at radius 3 is 1.32 bits per heavy atom. The molecule has 2 aliphatic carbocycles. The van der Waals surface area contributed by atoms with E-state index in [-0.39, 0.29) is 35.2 Å². The maximum atomic E-state index is 13.5. The van der Waals surface area contributed by atoms with Crippen molar-refractivity contribution in [3.63, 3.8) is 0 Å². The van der Waals surface area contributed by atoms with Gasteiger partial charge in [0.05, 0.1) is 13.2 Å². The smallest absolute Gasteiger partial charge is 0.349 e. The van der Waals surface area contributed by atoms with E-state index in [1.165, 1.54) is 37.1 Å². The first kappa shape index (κ1) is 46.6. The van der Waals surface area contributed by atoms with Crippen molar-refractivity contribution in [2.24, 2.45) is 10.8 Å². The number of thiol groups is 2. The van der Waals surface area contributed by atoms with E-state index < -0.39 is 11.9 Å². The number of allylic oxidation sites excluding steroid dienone is 4. The van der Waals surface area contributed by atoms with Crippen LogP contribution in [0.2, 0.25) is 0 Å². The van der Waals surface area contributed by atoms with Gasteiger partial charge in [-0.15, -0.1) is 23.5 Å². The van der Waals surface area contributed by atoms with Crippen LogP contribution in [0.25, 0.3) is 0 Å². The van der Waals surface area contributed by atoms with E-state index in [2.05, 4.69) is 74.9 Å². The standard InChI is InChI=1S/C44H66N4O4S4/c1-43(2)27-33(39(55-25-15-13-23-53)37(29-43)47-17-7-8-18-47)35(31-45)41(49)51-21-11-5-6-12-22-52-42(50)36(32-46)34-28-44(3,4)30-38(48-19-9-10-20-48)40(34)56-26-16-14-24-54/h53-54H,5-30H2,1-4H3/b35-33+,36-34+. The van der Waals surface area contributed by atoms with Gasteiger partial charge in [0, 0.05) is 47.4 Å². The average molecular weight is 843 g/mol. The molecule has 310 valence electrons. The number of hydrogen-bond donors (Lipinski definition) is 2. The van der Waals surface area contributed by atoms with Gasteiger partial charge in [0.2, 0.25) is 0 Å². The topological polar surface area (TPSA) is 107 Å². The summed E-state index contributed by atoms with van der Waals surface area (Å²) >= 11 is 12.3. The predicted octanol–water partition coefficient (Wildman–Crippen LogP) is 10.4. The maximum Gasteiger partial charge on any atom is 0.349 e. The van der Waals surface area contributed by atoms with Crippen molar-refractivity contribution in [1.82, 2.24) is 9.80 Å². The molecule has 0 aromatic heterocycles. The van der Waals surface area contributed by atoms with E-state index in [0.29, 0.717) is 25.7 Å². The Bertz CT molecular complexity index is 1460. The molecule has 0 saturated carbocycles. The van der Waals surface area contributed by atoms with Gasteiger partial charge in [-0.3, -0.25) is 0 Å². The van der Waals surface area contributed by atoms with Gasteiger partial charge in [-0.05, 0) is 148 Å². The van der Waals surface area contributed by atoms with E-state index in [0.717, 1.165) is 122 Å². The van der Waals surface area contributed by atoms with Gasteiger partial charge >= 0.3 is 11.9 Å². The number of hydrogen-bond acceptors (Lipinski definition) is 12. The largest absolute Gasteiger partial charge is 0.462 e. The summed E-state index contributed by atoms with van der Waals surface area (Å²) in [6, 6.07) is 4.50. The fourth-order valence-corrected chi connectivity index (χ4v) is 11.2. The summed E-state index contributed by atoms with van der Waals surface area (Å²) in [5.74, 6) is 2.50. The lowest BCUT2D eigenvalue weighted by molar-refractivity contribution is -0.140. The second-order valence-corrected chi connectivity index (χ2v) is 20.3. The van der Waals surface area contributed by atoms with E-state index in [9.17, 15) is 20.1 Å². The zero-order chi connectivity index (χ0) is 40.6. The number of rotatable bonds is 21. The summed E-state index contributed by atoms with van der Waals surface area (Å²) in [6.07, 6.45) is 14.9. The van der Waals surface area contributed by atoms with Crippen LogP contribution in [0.15, 0.2) is 43.5 Å². The highest BCUT2D eigenvalue weighted by atomic mass is 32.2. The molecule has 2 fully saturated rings. The van der Waals surface area contributed by atoms with E-state index in [1.807, 2.05) is 0 Å². The second kappa shape index (κ2) is 23.5. The number of likely N-dealkylation sites (tertiary alicyclic amines) is 2. The lowest BCUT2D eigenvalue weighted by Crippen LogP contribution is -2.30. The van der Waals surface area contributed by atoms with E-state index in [4.69, 9.17) is 9.47 Å². The molecule has 2 aliphatic heterocycles. The highest BCUT2D eigenvalue weighted by Crippen LogP contribution is 2.50. The molecule has 0 atom stereocenters. The van der Waals surface area contributed by atoms with E-state index >= 15 is 0 Å². The number of thioether (sulfide) groups is 2. The number of unbranched alkanes of at least 4 members (excludes halogenated alkanes) is 5. The first-order chi connectivity index (χ1) is 26.9. The number of carbonyl (C=O) groups excluding carboxylic acids is 2. The highest BCUT2D eigenvalue weighted by Gasteiger charge is 2.38. The number of ether oxygens (including phenoxy) is 2. The number of nitrogens with zero attached hydrogens (tertiary/aromatic N) is 4. The molecule has 4 rings (SSSR count). The average Bonchev–Trinajstić information content (AvgIpc) is 3.90. The molecule has 0 unspecified atom stereocenters. The second-order valence-electron chi connectivity index (χ2n) is 17.2. The summed E-state index contributed by atoms with van der Waals surface area (Å²) in [5.41, 5.74) is 4.42. The molecule has 0 aromatic carbocycles. The Balaban J connectivity index is 1.33. The minimum absolute atomic E-state index is 0.0634. The first-order valence-corrected chi connectivity index (χ1v) is 24.2. The van der Waals surface area contributed by atoms with Crippen molar-refractivity contribution >= 4 is 60.7 Å². The molecule has 4 aliphatic rings. The van der Waals surface area contributed by atoms with Gasteiger partial charge in [-0.2, -0.15) is 35.8 Å². The molecule has 2 heterocycles. The molecule has 0 spiro atoms. The van der Waals surface area contributed by atoms with Crippen molar-refractivity contribution in [2.75, 3.05) is 62.4 Å². The number of carbonyl (C=O) groups is 2. The Morgan fingerprint density at radius 2 is 0.982 bits per heavy atom. The number of esters is 2. The quantitative estimate of drug-likeness (QED) is 0.0381. The predicted molar refractivity (Wildman–Crippen MR) is 238 cm³/mol. The van der Waals surface area contributed by atoms with Crippen LogP contribution in [0.5, 0.6) is 0 Å². The molecular formula is C44H66N4O4S4. The third-order valence-corrected chi connectivity index (χ3v) is 14.1. The SMILES string of the molecule is CC1(C)CC(N2CCCC2)=C(SCCCCS)/C(=C(\C#N)C(=O)OCCCCCCOC(=O)/C(C#N)=C2\CC(C)(C)CC(N3CCCC3)=C2SCCCCS)C1. The monoisotopic (exact) mass is 842 g/mol. The van der Waals surface area contributed by atoms with Crippen molar-refractivity contribution < 1.29 is 19.1 Å². The van der Waals surface area contributed by atoms with Crippen LogP contribution in [0.3, 0.4) is 0 Å². The van der Waals surface area contributed by atoms with Crippen LogP contribution in [-0.2, 0) is 19.1 Å². The molecule has 8 nitrogen and oxygen atoms in total. The van der Waals surface area contributed by atoms with Crippen molar-refractivity contribution in [3.8, 4) is 12.1 Å². The summed E-state index contributed by atoms with van der Waals surface area (Å²) in [4.78, 5) is 34.1. The molecule has 0 radical (unpaired) electrons. The lowest BCUT2D eigenvalue weighted by atomic mass is 9.75. The van der Waals surface area contributed by atoms with Crippen LogP contribution >= 0.6 is 48.8 Å². The van der Waals surface area contributed by atoms with Gasteiger partial charge in [-0.25, -0.2) is 9.59 Å². The molecule has 0 aromatic rings. The van der Waals surface area contributed by atoms with Crippen LogP contribution in [0.4, 0.5) is 0 Å². The van der Waals surface area contributed by atoms with Crippen LogP contribution in [0, 0.1) is 33.5 Å². The van der Waals surface area contributed by atoms with Gasteiger partial charge in [-0.1, -0.05) is 27.7 Å². The Morgan fingerprint density at radius 1 is 0.607 bits per heavy atom. The van der Waals surface area contributed by atoms with E-state index in [1.54, 1.807) is 23.5 Å². The fraction of sp³-hybridized carbons (Fsp3) is 0.727. The molecule has 0 N–H and O–H groups in total. The van der Waals surface area contributed by atoms with Gasteiger partial charge in [0.15, 0.2) is 0 Å². The zero-order valence-electron chi connectivity index (χ0n) is 34.5. The van der Waals surface area contributed by atoms with Crippen LogP contribution < -0.4 is 0 Å². The lowest BCUT2D eigenvalue weighted by Gasteiger charge is -2.39.